The van der Waals surface area contributed by atoms with Crippen LogP contribution in [0, 0.1) is 145 Å². The molecule has 0 atom stereocenters. The van der Waals surface area contributed by atoms with Gasteiger partial charge in [0, 0.05) is 55.4 Å². The van der Waals surface area contributed by atoms with E-state index in [-0.39, 0.29) is 0 Å². The second-order valence-corrected chi connectivity index (χ2v) is 19.4. The minimum absolute atomic E-state index is 0.462. The van der Waals surface area contributed by atoms with Gasteiger partial charge in [-0.25, -0.2) is 120 Å². The quantitative estimate of drug-likeness (QED) is 0.0912. The zero-order chi connectivity index (χ0) is 64.9. The van der Waals surface area contributed by atoms with E-state index in [9.17, 15) is 22.0 Å². The predicted octanol–water partition coefficient (Wildman–Crippen LogP) is 18.1. The number of hydrogen-bond acceptors (Lipinski definition) is 3. The average molecular weight is 1280 g/mol. The zero-order valence-electron chi connectivity index (χ0n) is 43.0. The van der Waals surface area contributed by atoms with Gasteiger partial charge in [0.25, 0.3) is 0 Å². The number of H-pyrrole nitrogens is 3. The third-order valence-electron chi connectivity index (χ3n) is 14.5. The van der Waals surface area contributed by atoms with E-state index in [1.165, 1.54) is 0 Å². The lowest BCUT2D eigenvalue weighted by molar-refractivity contribution is 0.381. The first-order valence-electron chi connectivity index (χ1n) is 24.8. The van der Waals surface area contributed by atoms with Crippen LogP contribution in [0.1, 0.15) is 34.2 Å². The van der Waals surface area contributed by atoms with Crippen molar-refractivity contribution in [3.8, 4) is 55.6 Å². The van der Waals surface area contributed by atoms with Crippen molar-refractivity contribution in [1.82, 2.24) is 29.9 Å². The largest absolute Gasteiger partial charge is 0.354 e. The molecule has 4 aromatic heterocycles. The summed E-state index contributed by atoms with van der Waals surface area (Å²) >= 11 is 0. The van der Waals surface area contributed by atoms with Crippen molar-refractivity contribution in [1.29, 1.82) is 0 Å². The van der Waals surface area contributed by atoms with Crippen molar-refractivity contribution in [2.24, 2.45) is 0 Å². The molecule has 0 unspecified atom stereocenters. The molecule has 0 aliphatic carbocycles. The van der Waals surface area contributed by atoms with E-state index in [2.05, 4.69) is 29.9 Å². The highest BCUT2D eigenvalue weighted by Gasteiger charge is 2.37. The second kappa shape index (κ2) is 21.5. The van der Waals surface area contributed by atoms with E-state index in [4.69, 9.17) is 0 Å². The first-order valence-corrected chi connectivity index (χ1v) is 24.8. The fourth-order valence-corrected chi connectivity index (χ4v) is 10.4. The second-order valence-electron chi connectivity index (χ2n) is 19.4. The summed E-state index contributed by atoms with van der Waals surface area (Å²) in [6.07, 6.45) is 0.792. The molecule has 3 N–H and O–H groups in total. The molecule has 90 heavy (non-hydrogen) atoms. The molecule has 0 amide bonds. The third kappa shape index (κ3) is 8.80. The number of fused-ring (bicyclic) bond motifs is 13. The van der Waals surface area contributed by atoms with Crippen LogP contribution >= 0.6 is 0 Å². The topological polar surface area (TPSA) is 86.0 Å². The molecule has 0 saturated carbocycles. The number of rotatable bonds is 5. The van der Waals surface area contributed by atoms with Crippen LogP contribution in [0.25, 0.3) is 113 Å². The maximum absolute atomic E-state index is 16.3. The predicted molar refractivity (Wildman–Crippen MR) is 268 cm³/mol. The summed E-state index contributed by atoms with van der Waals surface area (Å²) in [6, 6.07) is 3.99. The van der Waals surface area contributed by atoms with Gasteiger partial charge in [0.2, 0.25) is 29.1 Å². The normalized spacial score (nSPS) is 12.5. The van der Waals surface area contributed by atoms with Crippen LogP contribution in [0.3, 0.4) is 0 Å². The molecule has 7 heterocycles. The van der Waals surface area contributed by atoms with Crippen LogP contribution in [0.2, 0.25) is 0 Å². The molecule has 0 spiro atoms. The maximum Gasteiger partial charge on any atom is 0.200 e. The van der Waals surface area contributed by atoms with E-state index in [0.29, 0.717) is 36.4 Å². The molecule has 31 heteroatoms. The number of nitrogens with one attached hydrogen (secondary N) is 3. The van der Waals surface area contributed by atoms with Crippen LogP contribution in [0.4, 0.5) is 110 Å². The highest BCUT2D eigenvalue weighted by Crippen LogP contribution is 2.46. The minimum Gasteiger partial charge on any atom is -0.354 e. The average Bonchev–Trinajstić information content (AvgIpc) is 1.51. The van der Waals surface area contributed by atoms with Gasteiger partial charge in [0.1, 0.15) is 0 Å². The van der Waals surface area contributed by atoms with Crippen LogP contribution in [0.15, 0.2) is 36.4 Å². The summed E-state index contributed by atoms with van der Waals surface area (Å²) in [4.78, 5) is 19.2. The Morgan fingerprint density at radius 2 is 0.367 bits per heavy atom. The van der Waals surface area contributed by atoms with Gasteiger partial charge < -0.3 is 15.0 Å². The summed E-state index contributed by atoms with van der Waals surface area (Å²) in [5.74, 6) is -67.6. The lowest BCUT2D eigenvalue weighted by atomic mass is 9.98. The molecule has 12 bridgehead atoms. The van der Waals surface area contributed by atoms with Gasteiger partial charge in [-0.3, -0.25) is 4.98 Å². The van der Waals surface area contributed by atoms with Crippen molar-refractivity contribution in [2.45, 2.75) is 12.8 Å². The highest BCUT2D eigenvalue weighted by atomic mass is 19.2. The van der Waals surface area contributed by atoms with E-state index >= 15 is 87.8 Å². The van der Waals surface area contributed by atoms with Gasteiger partial charge in [0.05, 0.1) is 67.5 Å². The summed E-state index contributed by atoms with van der Waals surface area (Å²) in [5, 5.41) is 0. The number of aromatic amines is 3. The fourth-order valence-electron chi connectivity index (χ4n) is 10.4. The van der Waals surface area contributed by atoms with Gasteiger partial charge >= 0.3 is 0 Å². The number of halogens is 25. The van der Waals surface area contributed by atoms with Gasteiger partial charge in [-0.1, -0.05) is 0 Å². The van der Waals surface area contributed by atoms with Gasteiger partial charge in [-0.2, -0.15) is 0 Å². The SMILES string of the molecule is Fc1c(F)c(F)c(-c2c3nc(c(-c4c(F)c(F)c(F)c(F)c4F)c4ccc([nH]4)c(-c4c(F)c(F)c(F)c(F)c4F)c4nc(c(-c5c(F)c(F)c(F)c(F)c5F)c5ccc([nH]5)c5nc(c(-c6c(F)c(F)c(F)c(F)c6F)c6ccc2[nH]6)C=C5)CC4)C=C3)c(F)c1F. The number of aromatic nitrogens is 6. The molecular weight excluding hydrogens is 1270 g/mol. The molecule has 3 aliphatic heterocycles. The minimum atomic E-state index is -2.84. The molecule has 0 saturated heterocycles. The van der Waals surface area contributed by atoms with Crippen LogP contribution in [0.5, 0.6) is 0 Å². The van der Waals surface area contributed by atoms with Crippen molar-refractivity contribution in [3.05, 3.63) is 216 Å². The summed E-state index contributed by atoms with van der Waals surface area (Å²) < 4.78 is 389. The van der Waals surface area contributed by atoms with Crippen molar-refractivity contribution in [2.75, 3.05) is 0 Å². The molecule has 5 aromatic carbocycles. The van der Waals surface area contributed by atoms with Crippen LogP contribution in [-0.2, 0) is 12.8 Å². The number of hydrogen-bond donors (Lipinski definition) is 3. The Morgan fingerprint density at radius 1 is 0.189 bits per heavy atom. The Bertz CT molecular complexity index is 5010. The van der Waals surface area contributed by atoms with Gasteiger partial charge in [-0.15, -0.1) is 0 Å². The first-order chi connectivity index (χ1) is 42.6. The van der Waals surface area contributed by atoms with Gasteiger partial charge in [-0.05, 0) is 73.5 Å². The summed E-state index contributed by atoms with van der Waals surface area (Å²) in [5.41, 5.74) is -27.4. The molecule has 458 valence electrons. The number of aryl methyl sites for hydroxylation is 2. The smallest absolute Gasteiger partial charge is 0.200 e. The lowest BCUT2D eigenvalue weighted by Crippen LogP contribution is -2.06. The highest BCUT2D eigenvalue weighted by molar-refractivity contribution is 5.99. The van der Waals surface area contributed by atoms with Crippen molar-refractivity contribution < 1.29 is 110 Å². The first kappa shape index (κ1) is 59.9. The fraction of sp³-hybridized carbons (Fsp3) is 0.0339. The molecule has 9 aromatic rings. The van der Waals surface area contributed by atoms with E-state index in [1.807, 2.05) is 0 Å². The molecule has 3 aliphatic rings. The standard InChI is InChI=1S/C59H17F25N6/c60-35-30(36(61)46(71)55(80)45(35)70)25-15-3-1-13(85-15)14-2-4-16(86-14)26(31-37(62)47(72)56(81)48(73)38(31)63)18-6-8-20(88-18)28(33-41(66)51(76)58(83)52(77)42(33)67)22-10-12-24(90-22)29(34-43(68)53(78)59(84)54(79)44(34)69)23-11-9-21(89-23)27(19-7-5-17(25)87-19)32-39(64)49(74)57(82)50(75)40(32)65/h1-5,7,9-12,86-87,90H,6,8H2. The monoisotopic (exact) mass is 1280 g/mol. The Kier molecular flexibility index (Phi) is 14.3. The lowest BCUT2D eigenvalue weighted by Gasteiger charge is -2.11. The Morgan fingerprint density at radius 3 is 0.622 bits per heavy atom. The molecular formula is C59H17F25N6. The molecule has 12 rings (SSSR count). The van der Waals surface area contributed by atoms with E-state index < -0.39 is 281 Å². The summed E-state index contributed by atoms with van der Waals surface area (Å²) in [7, 11) is 0. The van der Waals surface area contributed by atoms with E-state index in [1.54, 1.807) is 0 Å². The van der Waals surface area contributed by atoms with Crippen LogP contribution in [-0.4, -0.2) is 29.9 Å². The Hall–Kier alpha value is -10.4. The molecule has 6 nitrogen and oxygen atoms in total. The summed E-state index contributed by atoms with van der Waals surface area (Å²) in [6.45, 7) is 0. The zero-order valence-corrected chi connectivity index (χ0v) is 43.0. The van der Waals surface area contributed by atoms with Crippen molar-refractivity contribution >= 4 is 57.4 Å². The Balaban J connectivity index is 1.37. The maximum atomic E-state index is 16.3. The van der Waals surface area contributed by atoms with E-state index in [0.717, 1.165) is 24.3 Å². The van der Waals surface area contributed by atoms with Crippen LogP contribution < -0.4 is 0 Å². The molecule has 0 radical (unpaired) electrons. The van der Waals surface area contributed by atoms with Crippen molar-refractivity contribution in [3.63, 3.8) is 0 Å². The van der Waals surface area contributed by atoms with Gasteiger partial charge in [0.15, 0.2) is 116 Å². The third-order valence-corrected chi connectivity index (χ3v) is 14.5. The number of benzene rings is 5. The number of nitrogens with zero attached hydrogens (tertiary/aromatic N) is 3. The Labute approximate surface area is 480 Å². The molecule has 0 fully saturated rings.